The number of ether oxygens (including phenoxy) is 4. The summed E-state index contributed by atoms with van der Waals surface area (Å²) in [5.74, 6) is -2.03. The monoisotopic (exact) mass is 316 g/mol. The molecule has 8 nitrogen and oxygen atoms in total. The second-order valence-corrected chi connectivity index (χ2v) is 5.68. The lowest BCUT2D eigenvalue weighted by Gasteiger charge is -2.38. The van der Waals surface area contributed by atoms with E-state index in [9.17, 15) is 19.5 Å². The Morgan fingerprint density at radius 3 is 2.32 bits per heavy atom. The van der Waals surface area contributed by atoms with E-state index in [2.05, 4.69) is 0 Å². The maximum absolute atomic E-state index is 11.1. The summed E-state index contributed by atoms with van der Waals surface area (Å²) in [6.45, 7) is 3.45. The van der Waals surface area contributed by atoms with Crippen molar-refractivity contribution < 1.29 is 38.4 Å². The van der Waals surface area contributed by atoms with Crippen LogP contribution in [0.25, 0.3) is 0 Å². The molecule has 0 aromatic carbocycles. The molecule has 124 valence electrons. The van der Waals surface area contributed by atoms with Crippen LogP contribution in [0.4, 0.5) is 0 Å². The van der Waals surface area contributed by atoms with Crippen molar-refractivity contribution in [1.29, 1.82) is 0 Å². The van der Waals surface area contributed by atoms with Crippen LogP contribution in [-0.2, 0) is 33.3 Å². The number of fused-ring (bicyclic) bond motifs is 1. The van der Waals surface area contributed by atoms with Crippen molar-refractivity contribution in [3.63, 3.8) is 0 Å². The molecule has 2 rings (SSSR count). The highest BCUT2D eigenvalue weighted by Crippen LogP contribution is 2.48. The van der Waals surface area contributed by atoms with Crippen molar-refractivity contribution in [1.82, 2.24) is 0 Å². The molecule has 0 aromatic heterocycles. The summed E-state index contributed by atoms with van der Waals surface area (Å²) in [6.07, 6.45) is -1.31. The van der Waals surface area contributed by atoms with Gasteiger partial charge in [0.25, 0.3) is 0 Å². The number of hydrogen-bond acceptors (Lipinski definition) is 8. The highest BCUT2D eigenvalue weighted by Gasteiger charge is 2.66. The van der Waals surface area contributed by atoms with E-state index < -0.39 is 47.7 Å². The van der Waals surface area contributed by atoms with Gasteiger partial charge in [0.2, 0.25) is 0 Å². The third-order valence-corrected chi connectivity index (χ3v) is 3.92. The SMILES string of the molecule is CC(=O)OC[C@H]1C[C@H](OC(C)=O)[C@@H]2O[C@@H]2[C@@]1(O)COC(C)=O. The van der Waals surface area contributed by atoms with Crippen LogP contribution in [0, 0.1) is 5.92 Å². The van der Waals surface area contributed by atoms with E-state index in [0.29, 0.717) is 0 Å². The van der Waals surface area contributed by atoms with Crippen LogP contribution in [-0.4, -0.2) is 60.1 Å². The number of carbonyl (C=O) groups is 3. The van der Waals surface area contributed by atoms with Crippen molar-refractivity contribution in [2.75, 3.05) is 13.2 Å². The van der Waals surface area contributed by atoms with E-state index >= 15 is 0 Å². The predicted molar refractivity (Wildman–Crippen MR) is 70.5 cm³/mol. The van der Waals surface area contributed by atoms with Gasteiger partial charge in [0.1, 0.15) is 30.5 Å². The second kappa shape index (κ2) is 6.21. The van der Waals surface area contributed by atoms with Crippen molar-refractivity contribution in [3.05, 3.63) is 0 Å². The molecule has 1 heterocycles. The largest absolute Gasteiger partial charge is 0.465 e. The Hall–Kier alpha value is -1.67. The maximum Gasteiger partial charge on any atom is 0.302 e. The quantitative estimate of drug-likeness (QED) is 0.413. The fourth-order valence-electron chi connectivity index (χ4n) is 2.84. The zero-order valence-corrected chi connectivity index (χ0v) is 12.7. The van der Waals surface area contributed by atoms with Crippen molar-refractivity contribution in [3.8, 4) is 0 Å². The van der Waals surface area contributed by atoms with Gasteiger partial charge in [-0.3, -0.25) is 14.4 Å². The molecule has 2 fully saturated rings. The number of aliphatic hydroxyl groups is 1. The van der Waals surface area contributed by atoms with Crippen LogP contribution in [0.15, 0.2) is 0 Å². The number of carbonyl (C=O) groups excluding carboxylic acids is 3. The Labute approximate surface area is 127 Å². The summed E-state index contributed by atoms with van der Waals surface area (Å²) >= 11 is 0. The van der Waals surface area contributed by atoms with Crippen LogP contribution < -0.4 is 0 Å². The fourth-order valence-corrected chi connectivity index (χ4v) is 2.84. The van der Waals surface area contributed by atoms with Gasteiger partial charge in [0, 0.05) is 26.7 Å². The number of hydrogen-bond donors (Lipinski definition) is 1. The summed E-state index contributed by atoms with van der Waals surface area (Å²) in [5, 5.41) is 10.8. The standard InChI is InChI=1S/C14H20O8/c1-7(15)19-5-10-4-11(21-9(3)17)12-13(22-12)14(10,18)6-20-8(2)16/h10-13,18H,4-6H2,1-3H3/t10-,11+,12+,13+,14-/m1/s1. The molecule has 0 unspecified atom stereocenters. The molecule has 1 aliphatic carbocycles. The molecule has 5 atom stereocenters. The fraction of sp³-hybridized carbons (Fsp3) is 0.786. The highest BCUT2D eigenvalue weighted by molar-refractivity contribution is 5.67. The average molecular weight is 316 g/mol. The molecule has 8 heteroatoms. The topological polar surface area (TPSA) is 112 Å². The van der Waals surface area contributed by atoms with Gasteiger partial charge in [0.05, 0.1) is 6.61 Å². The molecule has 0 bridgehead atoms. The first kappa shape index (κ1) is 16.7. The molecule has 1 saturated carbocycles. The first-order chi connectivity index (χ1) is 10.2. The lowest BCUT2D eigenvalue weighted by atomic mass is 9.74. The summed E-state index contributed by atoms with van der Waals surface area (Å²) < 4.78 is 20.5. The first-order valence-corrected chi connectivity index (χ1v) is 7.06. The highest BCUT2D eigenvalue weighted by atomic mass is 16.6. The molecule has 0 aromatic rings. The van der Waals surface area contributed by atoms with Gasteiger partial charge < -0.3 is 24.1 Å². The molecule has 1 saturated heterocycles. The summed E-state index contributed by atoms with van der Waals surface area (Å²) in [6, 6.07) is 0. The van der Waals surface area contributed by atoms with Crippen molar-refractivity contribution >= 4 is 17.9 Å². The van der Waals surface area contributed by atoms with Crippen molar-refractivity contribution in [2.45, 2.75) is 51.1 Å². The van der Waals surface area contributed by atoms with E-state index in [1.165, 1.54) is 20.8 Å². The van der Waals surface area contributed by atoms with Crippen LogP contribution in [0.1, 0.15) is 27.2 Å². The van der Waals surface area contributed by atoms with E-state index in [0.717, 1.165) is 0 Å². The Morgan fingerprint density at radius 1 is 1.14 bits per heavy atom. The first-order valence-electron chi connectivity index (χ1n) is 7.06. The molecule has 0 spiro atoms. The number of epoxide rings is 1. The van der Waals surface area contributed by atoms with Gasteiger partial charge in [-0.15, -0.1) is 0 Å². The van der Waals surface area contributed by atoms with Gasteiger partial charge in [-0.25, -0.2) is 0 Å². The van der Waals surface area contributed by atoms with Gasteiger partial charge in [-0.05, 0) is 6.42 Å². The molecule has 1 aliphatic heterocycles. The van der Waals surface area contributed by atoms with Crippen molar-refractivity contribution in [2.24, 2.45) is 5.92 Å². The molecular weight excluding hydrogens is 296 g/mol. The molecule has 0 amide bonds. The van der Waals surface area contributed by atoms with E-state index in [1.807, 2.05) is 0 Å². The number of rotatable bonds is 5. The minimum Gasteiger partial charge on any atom is -0.465 e. The molecular formula is C14H20O8. The Balaban J connectivity index is 2.11. The molecule has 0 radical (unpaired) electrons. The maximum atomic E-state index is 11.1. The average Bonchev–Trinajstić information content (AvgIpc) is 3.19. The predicted octanol–water partition coefficient (Wildman–Crippen LogP) is -0.437. The third kappa shape index (κ3) is 3.56. The van der Waals surface area contributed by atoms with Crippen LogP contribution in [0.2, 0.25) is 0 Å². The van der Waals surface area contributed by atoms with Crippen LogP contribution >= 0.6 is 0 Å². The molecule has 2 aliphatic rings. The Bertz CT molecular complexity index is 475. The normalized spacial score (nSPS) is 36.0. The minimum atomic E-state index is -1.47. The zero-order valence-electron chi connectivity index (χ0n) is 12.7. The lowest BCUT2D eigenvalue weighted by Crippen LogP contribution is -2.56. The van der Waals surface area contributed by atoms with Crippen LogP contribution in [0.5, 0.6) is 0 Å². The summed E-state index contributed by atoms with van der Waals surface area (Å²) in [5.41, 5.74) is -1.47. The van der Waals surface area contributed by atoms with E-state index in [-0.39, 0.29) is 19.6 Å². The second-order valence-electron chi connectivity index (χ2n) is 5.68. The van der Waals surface area contributed by atoms with Gasteiger partial charge in [-0.2, -0.15) is 0 Å². The number of esters is 3. The third-order valence-electron chi connectivity index (χ3n) is 3.92. The lowest BCUT2D eigenvalue weighted by molar-refractivity contribution is -0.171. The van der Waals surface area contributed by atoms with Gasteiger partial charge in [-0.1, -0.05) is 0 Å². The summed E-state index contributed by atoms with van der Waals surface area (Å²) in [7, 11) is 0. The minimum absolute atomic E-state index is 0.0720. The molecule has 1 N–H and O–H groups in total. The molecule has 22 heavy (non-hydrogen) atoms. The van der Waals surface area contributed by atoms with Gasteiger partial charge in [0.15, 0.2) is 0 Å². The zero-order chi connectivity index (χ0) is 16.5. The van der Waals surface area contributed by atoms with Crippen LogP contribution in [0.3, 0.4) is 0 Å². The summed E-state index contributed by atoms with van der Waals surface area (Å²) in [4.78, 5) is 33.1. The smallest absolute Gasteiger partial charge is 0.302 e. The van der Waals surface area contributed by atoms with E-state index in [1.54, 1.807) is 0 Å². The Kier molecular flexibility index (Phi) is 4.72. The van der Waals surface area contributed by atoms with E-state index in [4.69, 9.17) is 18.9 Å². The van der Waals surface area contributed by atoms with Gasteiger partial charge >= 0.3 is 17.9 Å². The Morgan fingerprint density at radius 2 is 1.77 bits per heavy atom.